The van der Waals surface area contributed by atoms with Crippen LogP contribution in [0.3, 0.4) is 0 Å². The van der Waals surface area contributed by atoms with Gasteiger partial charge in [-0.05, 0) is 20.8 Å². The molecule has 0 saturated carbocycles. The normalized spacial score (nSPS) is 21.9. The van der Waals surface area contributed by atoms with E-state index in [4.69, 9.17) is 4.74 Å². The second-order valence-electron chi connectivity index (χ2n) is 6.17. The molecule has 0 amide bonds. The van der Waals surface area contributed by atoms with Crippen LogP contribution in [0.5, 0.6) is 0 Å². The van der Waals surface area contributed by atoms with Crippen molar-refractivity contribution >= 4 is 11.7 Å². The predicted octanol–water partition coefficient (Wildman–Crippen LogP) is 0.491. The van der Waals surface area contributed by atoms with E-state index in [1.807, 2.05) is 0 Å². The van der Waals surface area contributed by atoms with Gasteiger partial charge >= 0.3 is 0 Å². The Morgan fingerprint density at radius 3 is 2.95 bits per heavy atom. The lowest BCUT2D eigenvalue weighted by Gasteiger charge is -2.24. The Kier molecular flexibility index (Phi) is 5.45. The molecule has 0 bridgehead atoms. The Morgan fingerprint density at radius 1 is 1.50 bits per heavy atom. The van der Waals surface area contributed by atoms with E-state index in [0.717, 1.165) is 24.5 Å². The summed E-state index contributed by atoms with van der Waals surface area (Å²) < 4.78 is 14.1. The Morgan fingerprint density at radius 2 is 2.30 bits per heavy atom. The second-order valence-corrected chi connectivity index (χ2v) is 6.70. The molecular formula is C13H24N4O2S. The van der Waals surface area contributed by atoms with Gasteiger partial charge in [-0.25, -0.2) is 0 Å². The molecule has 2 atom stereocenters. The van der Waals surface area contributed by atoms with Crippen molar-refractivity contribution in [2.45, 2.75) is 44.9 Å². The van der Waals surface area contributed by atoms with Crippen LogP contribution in [-0.4, -0.2) is 51.8 Å². The third-order valence-electron chi connectivity index (χ3n) is 3.13. The van der Waals surface area contributed by atoms with Crippen LogP contribution >= 0.6 is 11.7 Å². The van der Waals surface area contributed by atoms with Crippen molar-refractivity contribution in [3.05, 3.63) is 11.4 Å². The minimum Gasteiger partial charge on any atom is -0.391 e. The zero-order valence-corrected chi connectivity index (χ0v) is 13.2. The molecule has 2 rings (SSSR count). The highest BCUT2D eigenvalue weighted by Gasteiger charge is 2.23. The first kappa shape index (κ1) is 15.8. The summed E-state index contributed by atoms with van der Waals surface area (Å²) in [6.45, 7) is 8.98. The van der Waals surface area contributed by atoms with Gasteiger partial charge in [-0.1, -0.05) is 0 Å². The maximum Gasteiger partial charge on any atom is 0.0968 e. The van der Waals surface area contributed by atoms with Crippen LogP contribution in [0.4, 0.5) is 0 Å². The van der Waals surface area contributed by atoms with Crippen molar-refractivity contribution in [1.82, 2.24) is 19.4 Å². The molecule has 3 N–H and O–H groups in total. The van der Waals surface area contributed by atoms with E-state index >= 15 is 0 Å². The van der Waals surface area contributed by atoms with Gasteiger partial charge in [0.2, 0.25) is 0 Å². The molecular weight excluding hydrogens is 276 g/mol. The van der Waals surface area contributed by atoms with Crippen molar-refractivity contribution in [2.75, 3.05) is 26.3 Å². The maximum atomic E-state index is 10.1. The van der Waals surface area contributed by atoms with Crippen molar-refractivity contribution < 1.29 is 9.84 Å². The van der Waals surface area contributed by atoms with Crippen molar-refractivity contribution in [1.29, 1.82) is 0 Å². The average Bonchev–Trinajstić information content (AvgIpc) is 2.85. The zero-order chi connectivity index (χ0) is 14.6. The number of β-amino-alcohol motifs (C(OH)–C–C–N with tert-alkyl or cyclic N) is 1. The van der Waals surface area contributed by atoms with Crippen LogP contribution in [0.25, 0.3) is 0 Å². The number of aliphatic hydroxyl groups excluding tert-OH is 1. The van der Waals surface area contributed by atoms with E-state index in [0.29, 0.717) is 19.6 Å². The highest BCUT2D eigenvalue weighted by atomic mass is 32.1. The quantitative estimate of drug-likeness (QED) is 0.734. The summed E-state index contributed by atoms with van der Waals surface area (Å²) in [6, 6.07) is 0.0975. The average molecular weight is 300 g/mol. The summed E-state index contributed by atoms with van der Waals surface area (Å²) in [5, 5.41) is 16.8. The Hall–Kier alpha value is -0.600. The lowest BCUT2D eigenvalue weighted by molar-refractivity contribution is 0.0751. The summed E-state index contributed by atoms with van der Waals surface area (Å²) in [5.74, 6) is 0. The van der Waals surface area contributed by atoms with Crippen LogP contribution in [0.2, 0.25) is 0 Å². The SMILES string of the molecule is CC(C)(C)NCC(O)Cc1nsnc1C1COCCN1. The molecule has 6 nitrogen and oxygen atoms in total. The van der Waals surface area contributed by atoms with Gasteiger partial charge in [-0.3, -0.25) is 0 Å². The fraction of sp³-hybridized carbons (Fsp3) is 0.846. The summed E-state index contributed by atoms with van der Waals surface area (Å²) in [6.07, 6.45) is 0.0639. The molecule has 0 spiro atoms. The van der Waals surface area contributed by atoms with E-state index in [9.17, 15) is 5.11 Å². The number of aliphatic hydroxyl groups is 1. The molecule has 1 aliphatic rings. The van der Waals surface area contributed by atoms with E-state index in [1.54, 1.807) is 0 Å². The minimum atomic E-state index is -0.457. The van der Waals surface area contributed by atoms with Gasteiger partial charge in [0.1, 0.15) is 0 Å². The molecule has 2 heterocycles. The number of nitrogens with zero attached hydrogens (tertiary/aromatic N) is 2. The van der Waals surface area contributed by atoms with E-state index in [-0.39, 0.29) is 11.6 Å². The second kappa shape index (κ2) is 6.91. The van der Waals surface area contributed by atoms with Gasteiger partial charge in [-0.15, -0.1) is 0 Å². The molecule has 0 radical (unpaired) electrons. The maximum absolute atomic E-state index is 10.1. The molecule has 2 unspecified atom stereocenters. The number of nitrogens with one attached hydrogen (secondary N) is 2. The minimum absolute atomic E-state index is 0.00288. The lowest BCUT2D eigenvalue weighted by atomic mass is 10.1. The van der Waals surface area contributed by atoms with Crippen LogP contribution < -0.4 is 10.6 Å². The number of rotatable bonds is 5. The molecule has 1 aliphatic heterocycles. The molecule has 1 fully saturated rings. The summed E-state index contributed by atoms with van der Waals surface area (Å²) in [7, 11) is 0. The van der Waals surface area contributed by atoms with Gasteiger partial charge in [-0.2, -0.15) is 8.75 Å². The van der Waals surface area contributed by atoms with E-state index < -0.39 is 6.10 Å². The molecule has 7 heteroatoms. The van der Waals surface area contributed by atoms with Crippen LogP contribution in [0, 0.1) is 0 Å². The lowest BCUT2D eigenvalue weighted by Crippen LogP contribution is -2.41. The van der Waals surface area contributed by atoms with E-state index in [1.165, 1.54) is 11.7 Å². The van der Waals surface area contributed by atoms with Gasteiger partial charge in [0, 0.05) is 25.0 Å². The van der Waals surface area contributed by atoms with E-state index in [2.05, 4.69) is 40.2 Å². The number of ether oxygens (including phenoxy) is 1. The van der Waals surface area contributed by atoms with Crippen molar-refractivity contribution in [3.8, 4) is 0 Å². The number of hydrogen-bond acceptors (Lipinski definition) is 7. The first-order chi connectivity index (χ1) is 9.46. The number of hydrogen-bond donors (Lipinski definition) is 3. The fourth-order valence-corrected chi connectivity index (χ4v) is 2.71. The van der Waals surface area contributed by atoms with Crippen LogP contribution in [-0.2, 0) is 11.2 Å². The number of aromatic nitrogens is 2. The van der Waals surface area contributed by atoms with Crippen LogP contribution in [0.1, 0.15) is 38.2 Å². The fourth-order valence-electron chi connectivity index (χ4n) is 2.08. The standard InChI is InChI=1S/C13H24N4O2S/c1-13(2,3)15-7-9(18)6-10-12(17-20-16-10)11-8-19-5-4-14-11/h9,11,14-15,18H,4-8H2,1-3H3. The predicted molar refractivity (Wildman–Crippen MR) is 78.9 cm³/mol. The molecule has 20 heavy (non-hydrogen) atoms. The molecule has 0 aliphatic carbocycles. The van der Waals surface area contributed by atoms with Gasteiger partial charge in [0.05, 0.1) is 48.5 Å². The van der Waals surface area contributed by atoms with Gasteiger partial charge in [0.15, 0.2) is 0 Å². The monoisotopic (exact) mass is 300 g/mol. The zero-order valence-electron chi connectivity index (χ0n) is 12.3. The Bertz CT molecular complexity index is 413. The summed E-state index contributed by atoms with van der Waals surface area (Å²) in [4.78, 5) is 0. The summed E-state index contributed by atoms with van der Waals surface area (Å²) in [5.41, 5.74) is 1.80. The molecule has 1 aromatic heterocycles. The number of morpholine rings is 1. The first-order valence-corrected chi connectivity index (χ1v) is 7.74. The molecule has 114 valence electrons. The van der Waals surface area contributed by atoms with Crippen molar-refractivity contribution in [2.24, 2.45) is 0 Å². The first-order valence-electron chi connectivity index (χ1n) is 7.01. The van der Waals surface area contributed by atoms with Crippen LogP contribution in [0.15, 0.2) is 0 Å². The molecule has 1 aromatic rings. The smallest absolute Gasteiger partial charge is 0.0968 e. The highest BCUT2D eigenvalue weighted by molar-refractivity contribution is 6.99. The van der Waals surface area contributed by atoms with Crippen molar-refractivity contribution in [3.63, 3.8) is 0 Å². The van der Waals surface area contributed by atoms with Gasteiger partial charge < -0.3 is 20.5 Å². The van der Waals surface area contributed by atoms with Gasteiger partial charge in [0.25, 0.3) is 0 Å². The molecule has 1 saturated heterocycles. The largest absolute Gasteiger partial charge is 0.391 e. The Labute approximate surface area is 124 Å². The third-order valence-corrected chi connectivity index (χ3v) is 3.71. The topological polar surface area (TPSA) is 79.3 Å². The highest BCUT2D eigenvalue weighted by Crippen LogP contribution is 2.19. The Balaban J connectivity index is 1.91. The molecule has 0 aromatic carbocycles. The third kappa shape index (κ3) is 4.75. The summed E-state index contributed by atoms with van der Waals surface area (Å²) >= 11 is 1.20.